The van der Waals surface area contributed by atoms with Crippen LogP contribution in [-0.2, 0) is 6.54 Å². The SMILES string of the molecule is O=C(Nc1nn(Cc2ccccc2Cl)cc1Br)c1cc(-c2ccc3c(c2)OCO3)n[nH]1. The molecular weight excluding hydrogens is 486 g/mol. The zero-order chi connectivity index (χ0) is 21.4. The zero-order valence-electron chi connectivity index (χ0n) is 15.9. The van der Waals surface area contributed by atoms with E-state index in [1.54, 1.807) is 16.9 Å². The van der Waals surface area contributed by atoms with Crippen molar-refractivity contribution in [1.29, 1.82) is 0 Å². The molecule has 8 nitrogen and oxygen atoms in total. The molecule has 5 rings (SSSR count). The van der Waals surface area contributed by atoms with Crippen LogP contribution in [-0.4, -0.2) is 32.7 Å². The second kappa shape index (κ2) is 8.09. The van der Waals surface area contributed by atoms with E-state index in [4.69, 9.17) is 21.1 Å². The Balaban J connectivity index is 1.31. The van der Waals surface area contributed by atoms with Crippen LogP contribution in [0.1, 0.15) is 16.1 Å². The van der Waals surface area contributed by atoms with Crippen LogP contribution in [0.4, 0.5) is 5.82 Å². The molecule has 0 unspecified atom stereocenters. The number of halogens is 2. The molecule has 156 valence electrons. The molecule has 1 aliphatic heterocycles. The van der Waals surface area contributed by atoms with Crippen molar-refractivity contribution in [1.82, 2.24) is 20.0 Å². The minimum absolute atomic E-state index is 0.199. The maximum atomic E-state index is 12.7. The van der Waals surface area contributed by atoms with Gasteiger partial charge in [0.25, 0.3) is 5.91 Å². The van der Waals surface area contributed by atoms with Crippen molar-refractivity contribution >= 4 is 39.3 Å². The highest BCUT2D eigenvalue weighted by molar-refractivity contribution is 9.10. The summed E-state index contributed by atoms with van der Waals surface area (Å²) in [6.07, 6.45) is 1.78. The molecule has 1 aliphatic rings. The van der Waals surface area contributed by atoms with Crippen molar-refractivity contribution < 1.29 is 14.3 Å². The Kier molecular flexibility index (Phi) is 5.13. The van der Waals surface area contributed by atoms with E-state index in [0.29, 0.717) is 44.7 Å². The molecule has 0 saturated carbocycles. The number of anilines is 1. The topological polar surface area (TPSA) is 94.1 Å². The summed E-state index contributed by atoms with van der Waals surface area (Å²) in [5, 5.41) is 14.9. The van der Waals surface area contributed by atoms with E-state index in [1.807, 2.05) is 42.5 Å². The highest BCUT2D eigenvalue weighted by Gasteiger charge is 2.18. The van der Waals surface area contributed by atoms with Gasteiger partial charge in [0.15, 0.2) is 17.3 Å². The van der Waals surface area contributed by atoms with Crippen LogP contribution in [0.5, 0.6) is 11.5 Å². The van der Waals surface area contributed by atoms with Crippen molar-refractivity contribution in [3.63, 3.8) is 0 Å². The van der Waals surface area contributed by atoms with Gasteiger partial charge in [0, 0.05) is 16.8 Å². The van der Waals surface area contributed by atoms with Crippen molar-refractivity contribution in [2.45, 2.75) is 6.54 Å². The van der Waals surface area contributed by atoms with E-state index in [0.717, 1.165) is 11.1 Å². The number of hydrogen-bond donors (Lipinski definition) is 2. The van der Waals surface area contributed by atoms with Crippen LogP contribution < -0.4 is 14.8 Å². The summed E-state index contributed by atoms with van der Waals surface area (Å²) in [5.41, 5.74) is 2.66. The minimum Gasteiger partial charge on any atom is -0.454 e. The van der Waals surface area contributed by atoms with Crippen LogP contribution in [0.25, 0.3) is 11.3 Å². The van der Waals surface area contributed by atoms with Crippen LogP contribution >= 0.6 is 27.5 Å². The Bertz CT molecular complexity index is 1290. The maximum absolute atomic E-state index is 12.7. The Morgan fingerprint density at radius 3 is 2.90 bits per heavy atom. The Morgan fingerprint density at radius 1 is 1.19 bits per heavy atom. The van der Waals surface area contributed by atoms with E-state index in [2.05, 4.69) is 36.5 Å². The Labute approximate surface area is 190 Å². The molecule has 3 heterocycles. The fraction of sp³-hybridized carbons (Fsp3) is 0.0952. The van der Waals surface area contributed by atoms with Gasteiger partial charge in [-0.25, -0.2) is 0 Å². The summed E-state index contributed by atoms with van der Waals surface area (Å²) in [6.45, 7) is 0.678. The number of ether oxygens (including phenoxy) is 2. The monoisotopic (exact) mass is 499 g/mol. The number of rotatable bonds is 5. The van der Waals surface area contributed by atoms with Gasteiger partial charge < -0.3 is 14.8 Å². The zero-order valence-corrected chi connectivity index (χ0v) is 18.3. The molecule has 0 spiro atoms. The lowest BCUT2D eigenvalue weighted by molar-refractivity contribution is 0.102. The van der Waals surface area contributed by atoms with Crippen molar-refractivity contribution in [2.24, 2.45) is 0 Å². The first-order valence-corrected chi connectivity index (χ1v) is 10.5. The molecule has 2 N–H and O–H groups in total. The minimum atomic E-state index is -0.358. The number of aromatic amines is 1. The molecule has 0 aliphatic carbocycles. The molecule has 0 atom stereocenters. The molecule has 2 aromatic heterocycles. The Hall–Kier alpha value is -3.30. The van der Waals surface area contributed by atoms with Gasteiger partial charge in [-0.2, -0.15) is 10.2 Å². The number of carbonyl (C=O) groups is 1. The smallest absolute Gasteiger partial charge is 0.274 e. The van der Waals surface area contributed by atoms with Gasteiger partial charge in [-0.15, -0.1) is 0 Å². The first-order chi connectivity index (χ1) is 15.1. The molecule has 4 aromatic rings. The molecule has 31 heavy (non-hydrogen) atoms. The van der Waals surface area contributed by atoms with E-state index in [-0.39, 0.29) is 12.7 Å². The lowest BCUT2D eigenvalue weighted by Crippen LogP contribution is -2.13. The van der Waals surface area contributed by atoms with E-state index in [1.165, 1.54) is 0 Å². The molecule has 1 amide bonds. The number of H-pyrrole nitrogens is 1. The number of carbonyl (C=O) groups excluding carboxylic acids is 1. The fourth-order valence-corrected chi connectivity index (χ4v) is 3.79. The first-order valence-electron chi connectivity index (χ1n) is 9.30. The predicted molar refractivity (Wildman–Crippen MR) is 119 cm³/mol. The third kappa shape index (κ3) is 4.01. The second-order valence-corrected chi connectivity index (χ2v) is 8.07. The van der Waals surface area contributed by atoms with E-state index in [9.17, 15) is 4.79 Å². The van der Waals surface area contributed by atoms with E-state index < -0.39 is 0 Å². The average molecular weight is 501 g/mol. The Morgan fingerprint density at radius 2 is 2.03 bits per heavy atom. The van der Waals surface area contributed by atoms with Gasteiger partial charge >= 0.3 is 0 Å². The highest BCUT2D eigenvalue weighted by atomic mass is 79.9. The molecule has 2 aromatic carbocycles. The van der Waals surface area contributed by atoms with Crippen LogP contribution in [0, 0.1) is 0 Å². The first kappa shape index (κ1) is 19.7. The van der Waals surface area contributed by atoms with Gasteiger partial charge in [0.2, 0.25) is 6.79 Å². The number of hydrogen-bond acceptors (Lipinski definition) is 5. The second-order valence-electron chi connectivity index (χ2n) is 6.80. The fourth-order valence-electron chi connectivity index (χ4n) is 3.18. The number of aromatic nitrogens is 4. The average Bonchev–Trinajstić information content (AvgIpc) is 3.49. The molecular formula is C21H15BrClN5O3. The van der Waals surface area contributed by atoms with Gasteiger partial charge in [0.1, 0.15) is 5.69 Å². The van der Waals surface area contributed by atoms with Crippen molar-refractivity contribution in [2.75, 3.05) is 12.1 Å². The van der Waals surface area contributed by atoms with Gasteiger partial charge in [0.05, 0.1) is 16.7 Å². The standard InChI is InChI=1S/C21H15BrClN5O3/c22-14-10-28(9-13-3-1-2-4-15(13)23)27-20(14)24-21(29)17-8-16(25-26-17)12-5-6-18-19(7-12)31-11-30-18/h1-8,10H,9,11H2,(H,25,26)(H,24,27,29). The lowest BCUT2D eigenvalue weighted by atomic mass is 10.1. The third-order valence-electron chi connectivity index (χ3n) is 4.73. The van der Waals surface area contributed by atoms with Crippen molar-refractivity contribution in [3.05, 3.63) is 75.5 Å². The summed E-state index contributed by atoms with van der Waals surface area (Å²) in [4.78, 5) is 12.7. The molecule has 0 radical (unpaired) electrons. The van der Waals surface area contributed by atoms with Crippen molar-refractivity contribution in [3.8, 4) is 22.8 Å². The van der Waals surface area contributed by atoms with Crippen LogP contribution in [0.2, 0.25) is 5.02 Å². The number of nitrogens with one attached hydrogen (secondary N) is 2. The number of amides is 1. The predicted octanol–water partition coefficient (Wildman–Crippen LogP) is 4.72. The lowest BCUT2D eigenvalue weighted by Gasteiger charge is -2.04. The largest absolute Gasteiger partial charge is 0.454 e. The van der Waals surface area contributed by atoms with Gasteiger partial charge in [-0.1, -0.05) is 29.8 Å². The van der Waals surface area contributed by atoms with Crippen LogP contribution in [0.15, 0.2) is 59.2 Å². The van der Waals surface area contributed by atoms with Crippen LogP contribution in [0.3, 0.4) is 0 Å². The quantitative estimate of drug-likeness (QED) is 0.414. The third-order valence-corrected chi connectivity index (χ3v) is 5.68. The summed E-state index contributed by atoms with van der Waals surface area (Å²) < 4.78 is 13.1. The molecule has 0 saturated heterocycles. The summed E-state index contributed by atoms with van der Waals surface area (Å²) in [6, 6.07) is 14.7. The number of fused-ring (bicyclic) bond motifs is 1. The number of nitrogens with zero attached hydrogens (tertiary/aromatic N) is 3. The van der Waals surface area contributed by atoms with Gasteiger partial charge in [-0.05, 0) is 51.8 Å². The summed E-state index contributed by atoms with van der Waals surface area (Å²) >= 11 is 9.66. The van der Waals surface area contributed by atoms with E-state index >= 15 is 0 Å². The molecule has 10 heteroatoms. The highest BCUT2D eigenvalue weighted by Crippen LogP contribution is 2.35. The summed E-state index contributed by atoms with van der Waals surface area (Å²) in [7, 11) is 0. The van der Waals surface area contributed by atoms with Gasteiger partial charge in [-0.3, -0.25) is 14.6 Å². The normalized spacial score (nSPS) is 12.2. The number of benzene rings is 2. The molecule has 0 fully saturated rings. The maximum Gasteiger partial charge on any atom is 0.274 e. The molecule has 0 bridgehead atoms. The summed E-state index contributed by atoms with van der Waals surface area (Å²) in [5.74, 6) is 1.38.